The highest BCUT2D eigenvalue weighted by molar-refractivity contribution is 7.90. The molecule has 20 heavy (non-hydrogen) atoms. The lowest BCUT2D eigenvalue weighted by atomic mass is 10.1. The molecule has 0 unspecified atom stereocenters. The monoisotopic (exact) mass is 303 g/mol. The van der Waals surface area contributed by atoms with E-state index in [9.17, 15) is 13.2 Å². The fourth-order valence-corrected chi connectivity index (χ4v) is 2.44. The Kier molecular flexibility index (Phi) is 5.78. The van der Waals surface area contributed by atoms with Gasteiger partial charge < -0.3 is 14.6 Å². The van der Waals surface area contributed by atoms with Crippen LogP contribution in [0.1, 0.15) is 5.56 Å². The zero-order chi connectivity index (χ0) is 15.2. The van der Waals surface area contributed by atoms with Gasteiger partial charge in [-0.05, 0) is 24.1 Å². The molecule has 0 amide bonds. The number of carboxylic acid groups (broad SMARTS) is 1. The summed E-state index contributed by atoms with van der Waals surface area (Å²) < 4.78 is 35.1. The Balaban J connectivity index is 2.60. The maximum absolute atomic E-state index is 11.3. The third-order valence-electron chi connectivity index (χ3n) is 2.50. The standard InChI is InChI=1S/C12H17NO6S/c1-18-10-4-3-9(7-11(10)19-2)5-6-13-20(16,17)8-12(14)15/h3-4,7,13H,5-6,8H2,1-2H3,(H,14,15). The molecule has 2 N–H and O–H groups in total. The Labute approximate surface area is 117 Å². The lowest BCUT2D eigenvalue weighted by Gasteiger charge is -2.10. The van der Waals surface area contributed by atoms with Crippen LogP contribution >= 0.6 is 0 Å². The quantitative estimate of drug-likeness (QED) is 0.714. The molecule has 1 aromatic rings. The van der Waals surface area contributed by atoms with E-state index in [0.29, 0.717) is 17.9 Å². The largest absolute Gasteiger partial charge is 0.493 e. The molecule has 112 valence electrons. The van der Waals surface area contributed by atoms with Gasteiger partial charge in [-0.2, -0.15) is 0 Å². The van der Waals surface area contributed by atoms with Crippen molar-refractivity contribution >= 4 is 16.0 Å². The second-order valence-corrected chi connectivity index (χ2v) is 5.79. The van der Waals surface area contributed by atoms with Crippen LogP contribution in [0.2, 0.25) is 0 Å². The first-order chi connectivity index (χ1) is 9.38. The summed E-state index contributed by atoms with van der Waals surface area (Å²) in [6.45, 7) is 0.116. The molecule has 0 bridgehead atoms. The Morgan fingerprint density at radius 1 is 1.25 bits per heavy atom. The number of hydrogen-bond acceptors (Lipinski definition) is 5. The van der Waals surface area contributed by atoms with Crippen molar-refractivity contribution in [3.8, 4) is 11.5 Å². The van der Waals surface area contributed by atoms with Gasteiger partial charge in [0.15, 0.2) is 17.3 Å². The molecule has 0 aliphatic carbocycles. The van der Waals surface area contributed by atoms with Crippen LogP contribution in [0.3, 0.4) is 0 Å². The fraction of sp³-hybridized carbons (Fsp3) is 0.417. The summed E-state index contributed by atoms with van der Waals surface area (Å²) in [6.07, 6.45) is 0.416. The smallest absolute Gasteiger partial charge is 0.320 e. The number of aliphatic carboxylic acids is 1. The summed E-state index contributed by atoms with van der Waals surface area (Å²) in [5, 5.41) is 8.44. The average molecular weight is 303 g/mol. The van der Waals surface area contributed by atoms with Gasteiger partial charge in [0.25, 0.3) is 0 Å². The average Bonchev–Trinajstić information content (AvgIpc) is 2.36. The van der Waals surface area contributed by atoms with Gasteiger partial charge >= 0.3 is 5.97 Å². The van der Waals surface area contributed by atoms with Crippen molar-refractivity contribution in [1.29, 1.82) is 0 Å². The predicted molar refractivity (Wildman–Crippen MR) is 72.7 cm³/mol. The first kappa shape index (κ1) is 16.3. The normalized spacial score (nSPS) is 11.1. The second kappa shape index (κ2) is 7.11. The number of benzene rings is 1. The van der Waals surface area contributed by atoms with Crippen LogP contribution < -0.4 is 14.2 Å². The fourth-order valence-electron chi connectivity index (χ4n) is 1.60. The Morgan fingerprint density at radius 3 is 2.45 bits per heavy atom. The predicted octanol–water partition coefficient (Wildman–Crippen LogP) is 0.250. The van der Waals surface area contributed by atoms with Crippen molar-refractivity contribution in [1.82, 2.24) is 4.72 Å². The lowest BCUT2D eigenvalue weighted by molar-refractivity contribution is -0.134. The number of sulfonamides is 1. The van der Waals surface area contributed by atoms with E-state index in [4.69, 9.17) is 14.6 Å². The summed E-state index contributed by atoms with van der Waals surface area (Å²) in [4.78, 5) is 10.4. The maximum Gasteiger partial charge on any atom is 0.320 e. The van der Waals surface area contributed by atoms with E-state index in [-0.39, 0.29) is 6.54 Å². The van der Waals surface area contributed by atoms with Crippen molar-refractivity contribution in [3.63, 3.8) is 0 Å². The molecule has 1 aromatic carbocycles. The number of carboxylic acids is 1. The van der Waals surface area contributed by atoms with Crippen LogP contribution in [-0.4, -0.2) is 46.0 Å². The van der Waals surface area contributed by atoms with Gasteiger partial charge in [-0.1, -0.05) is 6.07 Å². The molecular formula is C12H17NO6S. The minimum Gasteiger partial charge on any atom is -0.493 e. The van der Waals surface area contributed by atoms with E-state index in [2.05, 4.69) is 4.72 Å². The van der Waals surface area contributed by atoms with Crippen LogP contribution in [0.5, 0.6) is 11.5 Å². The topological polar surface area (TPSA) is 102 Å². The molecule has 0 aliphatic heterocycles. The van der Waals surface area contributed by atoms with E-state index in [0.717, 1.165) is 5.56 Å². The summed E-state index contributed by atoms with van der Waals surface area (Å²) in [5.41, 5.74) is 0.848. The van der Waals surface area contributed by atoms with Gasteiger partial charge in [0.05, 0.1) is 14.2 Å². The van der Waals surface area contributed by atoms with Crippen molar-refractivity contribution < 1.29 is 27.8 Å². The number of carbonyl (C=O) groups is 1. The van der Waals surface area contributed by atoms with Crippen LogP contribution in [0, 0.1) is 0 Å². The number of rotatable bonds is 8. The highest BCUT2D eigenvalue weighted by atomic mass is 32.2. The third-order valence-corrected chi connectivity index (χ3v) is 3.77. The maximum atomic E-state index is 11.3. The van der Waals surface area contributed by atoms with Crippen molar-refractivity contribution in [2.24, 2.45) is 0 Å². The zero-order valence-electron chi connectivity index (χ0n) is 11.3. The number of hydrogen-bond donors (Lipinski definition) is 2. The molecule has 0 aromatic heterocycles. The first-order valence-electron chi connectivity index (χ1n) is 5.78. The van der Waals surface area contributed by atoms with Crippen LogP contribution in [0.15, 0.2) is 18.2 Å². The molecule has 8 heteroatoms. The van der Waals surface area contributed by atoms with Crippen molar-refractivity contribution in [3.05, 3.63) is 23.8 Å². The lowest BCUT2D eigenvalue weighted by Crippen LogP contribution is -2.31. The highest BCUT2D eigenvalue weighted by Crippen LogP contribution is 2.27. The third kappa shape index (κ3) is 5.06. The zero-order valence-corrected chi connectivity index (χ0v) is 12.1. The molecule has 1 rings (SSSR count). The van der Waals surface area contributed by atoms with Gasteiger partial charge in [0.1, 0.15) is 0 Å². The molecule has 0 aliphatic rings. The summed E-state index contributed by atoms with van der Waals surface area (Å²) in [7, 11) is -0.749. The SMILES string of the molecule is COc1ccc(CCNS(=O)(=O)CC(=O)O)cc1OC. The van der Waals surface area contributed by atoms with Crippen LogP contribution in [-0.2, 0) is 21.2 Å². The molecule has 0 radical (unpaired) electrons. The van der Waals surface area contributed by atoms with E-state index in [1.807, 2.05) is 0 Å². The van der Waals surface area contributed by atoms with E-state index in [1.165, 1.54) is 14.2 Å². The van der Waals surface area contributed by atoms with Gasteiger partial charge in [-0.3, -0.25) is 4.79 Å². The minimum absolute atomic E-state index is 0.116. The molecular weight excluding hydrogens is 286 g/mol. The van der Waals surface area contributed by atoms with Crippen LogP contribution in [0.25, 0.3) is 0 Å². The number of nitrogens with one attached hydrogen (secondary N) is 1. The molecule has 0 spiro atoms. The summed E-state index contributed by atoms with van der Waals surface area (Å²) >= 11 is 0. The van der Waals surface area contributed by atoms with Gasteiger partial charge in [-0.15, -0.1) is 0 Å². The van der Waals surface area contributed by atoms with Gasteiger partial charge in [0, 0.05) is 6.54 Å². The molecule has 0 saturated heterocycles. The van der Waals surface area contributed by atoms with E-state index in [1.54, 1.807) is 18.2 Å². The first-order valence-corrected chi connectivity index (χ1v) is 7.43. The van der Waals surface area contributed by atoms with Crippen molar-refractivity contribution in [2.75, 3.05) is 26.5 Å². The molecule has 0 saturated carbocycles. The molecule has 0 atom stereocenters. The van der Waals surface area contributed by atoms with Gasteiger partial charge in [-0.25, -0.2) is 13.1 Å². The summed E-state index contributed by atoms with van der Waals surface area (Å²) in [5.74, 6) is -1.18. The van der Waals surface area contributed by atoms with Crippen LogP contribution in [0.4, 0.5) is 0 Å². The van der Waals surface area contributed by atoms with Gasteiger partial charge in [0.2, 0.25) is 10.0 Å². The Morgan fingerprint density at radius 2 is 1.90 bits per heavy atom. The second-order valence-electron chi connectivity index (χ2n) is 3.99. The van der Waals surface area contributed by atoms with E-state index < -0.39 is 21.7 Å². The minimum atomic E-state index is -3.78. The summed E-state index contributed by atoms with van der Waals surface area (Å²) in [6, 6.07) is 5.25. The Hall–Kier alpha value is -1.80. The Bertz CT molecular complexity index is 569. The number of methoxy groups -OCH3 is 2. The van der Waals surface area contributed by atoms with Crippen molar-refractivity contribution in [2.45, 2.75) is 6.42 Å². The molecule has 0 heterocycles. The highest BCUT2D eigenvalue weighted by Gasteiger charge is 2.14. The van der Waals surface area contributed by atoms with E-state index >= 15 is 0 Å². The number of ether oxygens (including phenoxy) is 2. The molecule has 7 nitrogen and oxygen atoms in total. The molecule has 0 fully saturated rings.